The van der Waals surface area contributed by atoms with Gasteiger partial charge in [-0.1, -0.05) is 26.2 Å². The van der Waals surface area contributed by atoms with Gasteiger partial charge in [0.15, 0.2) is 0 Å². The summed E-state index contributed by atoms with van der Waals surface area (Å²) in [5, 5.41) is 2.73. The summed E-state index contributed by atoms with van der Waals surface area (Å²) < 4.78 is 26.6. The van der Waals surface area contributed by atoms with Gasteiger partial charge in [0.2, 0.25) is 0 Å². The van der Waals surface area contributed by atoms with E-state index in [9.17, 15) is 13.6 Å². The van der Waals surface area contributed by atoms with Crippen molar-refractivity contribution < 1.29 is 13.6 Å². The van der Waals surface area contributed by atoms with E-state index in [0.717, 1.165) is 12.5 Å². The number of nitrogen functional groups attached to an aromatic ring is 1. The Morgan fingerprint density at radius 2 is 2.00 bits per heavy atom. The summed E-state index contributed by atoms with van der Waals surface area (Å²) in [5.41, 5.74) is 4.95. The molecule has 20 heavy (non-hydrogen) atoms. The van der Waals surface area contributed by atoms with Crippen LogP contribution in [0.2, 0.25) is 0 Å². The first kappa shape index (κ1) is 14.8. The smallest absolute Gasteiger partial charge is 0.254 e. The highest BCUT2D eigenvalue weighted by molar-refractivity contribution is 5.95. The molecule has 3 nitrogen and oxygen atoms in total. The molecular formula is C15H20F2N2O. The highest BCUT2D eigenvalue weighted by atomic mass is 19.1. The molecule has 0 bridgehead atoms. The zero-order valence-electron chi connectivity index (χ0n) is 11.6. The van der Waals surface area contributed by atoms with Gasteiger partial charge in [0, 0.05) is 12.6 Å². The number of nitrogens with one attached hydrogen (secondary N) is 1. The second kappa shape index (κ2) is 6.20. The van der Waals surface area contributed by atoms with Crippen molar-refractivity contribution in [1.82, 2.24) is 5.32 Å². The first-order valence-corrected chi connectivity index (χ1v) is 7.01. The Kier molecular flexibility index (Phi) is 4.57. The van der Waals surface area contributed by atoms with Crippen LogP contribution < -0.4 is 11.1 Å². The van der Waals surface area contributed by atoms with E-state index in [1.54, 1.807) is 0 Å². The summed E-state index contributed by atoms with van der Waals surface area (Å²) in [7, 11) is 0. The molecule has 0 aromatic heterocycles. The normalized spacial score (nSPS) is 22.6. The van der Waals surface area contributed by atoms with Gasteiger partial charge in [0.25, 0.3) is 5.91 Å². The molecule has 0 spiro atoms. The second-order valence-corrected chi connectivity index (χ2v) is 5.59. The molecule has 0 saturated heterocycles. The standard InChI is InChI=1S/C15H20F2N2O/c1-9-4-2-3-5-10(9)8-19-15(20)11-6-14(18)13(17)7-12(11)16/h6-7,9-10H,2-5,8,18H2,1H3,(H,19,20). The Hall–Kier alpha value is -1.65. The number of hydrogen-bond acceptors (Lipinski definition) is 2. The van der Waals surface area contributed by atoms with E-state index < -0.39 is 17.5 Å². The lowest BCUT2D eigenvalue weighted by atomic mass is 9.80. The largest absolute Gasteiger partial charge is 0.396 e. The molecule has 2 unspecified atom stereocenters. The van der Waals surface area contributed by atoms with E-state index in [-0.39, 0.29) is 11.3 Å². The van der Waals surface area contributed by atoms with Crippen LogP contribution in [0, 0.1) is 23.5 Å². The van der Waals surface area contributed by atoms with E-state index in [1.165, 1.54) is 19.3 Å². The van der Waals surface area contributed by atoms with Crippen LogP contribution >= 0.6 is 0 Å². The third-order valence-electron chi connectivity index (χ3n) is 4.14. The van der Waals surface area contributed by atoms with E-state index in [2.05, 4.69) is 12.2 Å². The number of halogens is 2. The lowest BCUT2D eigenvalue weighted by Gasteiger charge is -2.28. The van der Waals surface area contributed by atoms with Crippen LogP contribution in [0.15, 0.2) is 12.1 Å². The van der Waals surface area contributed by atoms with Crippen molar-refractivity contribution in [3.05, 3.63) is 29.3 Å². The molecule has 1 saturated carbocycles. The molecule has 2 rings (SSSR count). The van der Waals surface area contributed by atoms with Crippen molar-refractivity contribution in [2.45, 2.75) is 32.6 Å². The first-order chi connectivity index (χ1) is 9.49. The maximum absolute atomic E-state index is 13.6. The number of anilines is 1. The quantitative estimate of drug-likeness (QED) is 0.837. The summed E-state index contributed by atoms with van der Waals surface area (Å²) in [6.07, 6.45) is 4.64. The molecule has 1 aromatic carbocycles. The van der Waals surface area contributed by atoms with Crippen LogP contribution in [0.4, 0.5) is 14.5 Å². The third-order valence-corrected chi connectivity index (χ3v) is 4.14. The second-order valence-electron chi connectivity index (χ2n) is 5.59. The topological polar surface area (TPSA) is 55.1 Å². The minimum absolute atomic E-state index is 0.202. The Bertz CT molecular complexity index is 505. The van der Waals surface area contributed by atoms with Crippen molar-refractivity contribution in [3.63, 3.8) is 0 Å². The van der Waals surface area contributed by atoms with Crippen LogP contribution in [-0.4, -0.2) is 12.5 Å². The van der Waals surface area contributed by atoms with E-state index in [4.69, 9.17) is 5.73 Å². The molecule has 0 aliphatic heterocycles. The molecule has 2 atom stereocenters. The van der Waals surface area contributed by atoms with Gasteiger partial charge >= 0.3 is 0 Å². The lowest BCUT2D eigenvalue weighted by Crippen LogP contribution is -2.33. The van der Waals surface area contributed by atoms with E-state index in [1.807, 2.05) is 0 Å². The Labute approximate surface area is 117 Å². The highest BCUT2D eigenvalue weighted by Crippen LogP contribution is 2.29. The lowest BCUT2D eigenvalue weighted by molar-refractivity contribution is 0.0932. The number of hydrogen-bond donors (Lipinski definition) is 2. The number of nitrogens with two attached hydrogens (primary N) is 1. The van der Waals surface area contributed by atoms with Gasteiger partial charge in [0.05, 0.1) is 11.3 Å². The maximum Gasteiger partial charge on any atom is 0.254 e. The molecular weight excluding hydrogens is 262 g/mol. The molecule has 5 heteroatoms. The summed E-state index contributed by atoms with van der Waals surface area (Å²) in [6, 6.07) is 1.69. The van der Waals surface area contributed by atoms with Gasteiger partial charge < -0.3 is 11.1 Å². The Morgan fingerprint density at radius 3 is 2.70 bits per heavy atom. The molecule has 1 fully saturated rings. The van der Waals surface area contributed by atoms with Crippen molar-refractivity contribution in [3.8, 4) is 0 Å². The Morgan fingerprint density at radius 1 is 1.30 bits per heavy atom. The van der Waals surface area contributed by atoms with Crippen molar-refractivity contribution in [2.75, 3.05) is 12.3 Å². The minimum atomic E-state index is -0.883. The number of benzene rings is 1. The third kappa shape index (κ3) is 3.26. The van der Waals surface area contributed by atoms with Crippen LogP contribution in [0.5, 0.6) is 0 Å². The maximum atomic E-state index is 13.6. The molecule has 1 amide bonds. The summed E-state index contributed by atoms with van der Waals surface area (Å²) in [4.78, 5) is 11.9. The number of carbonyl (C=O) groups is 1. The zero-order chi connectivity index (χ0) is 14.7. The monoisotopic (exact) mass is 282 g/mol. The van der Waals surface area contributed by atoms with Crippen LogP contribution in [-0.2, 0) is 0 Å². The van der Waals surface area contributed by atoms with Crippen LogP contribution in [0.1, 0.15) is 43.0 Å². The minimum Gasteiger partial charge on any atom is -0.396 e. The average molecular weight is 282 g/mol. The van der Waals surface area contributed by atoms with E-state index >= 15 is 0 Å². The molecule has 1 aromatic rings. The highest BCUT2D eigenvalue weighted by Gasteiger charge is 2.22. The summed E-state index contributed by atoms with van der Waals surface area (Å²) in [5.74, 6) is -1.28. The summed E-state index contributed by atoms with van der Waals surface area (Å²) >= 11 is 0. The fourth-order valence-corrected chi connectivity index (χ4v) is 2.76. The number of rotatable bonds is 3. The van der Waals surface area contributed by atoms with Crippen LogP contribution in [0.3, 0.4) is 0 Å². The van der Waals surface area contributed by atoms with Gasteiger partial charge in [0.1, 0.15) is 11.6 Å². The molecule has 1 aliphatic rings. The predicted molar refractivity (Wildman–Crippen MR) is 74.2 cm³/mol. The number of amides is 1. The van der Waals surface area contributed by atoms with Crippen molar-refractivity contribution >= 4 is 11.6 Å². The zero-order valence-corrected chi connectivity index (χ0v) is 11.6. The van der Waals surface area contributed by atoms with Gasteiger partial charge in [-0.05, 0) is 24.3 Å². The van der Waals surface area contributed by atoms with Crippen LogP contribution in [0.25, 0.3) is 0 Å². The van der Waals surface area contributed by atoms with Gasteiger partial charge in [-0.15, -0.1) is 0 Å². The number of carbonyl (C=O) groups excluding carboxylic acids is 1. The van der Waals surface area contributed by atoms with Crippen molar-refractivity contribution in [1.29, 1.82) is 0 Å². The summed E-state index contributed by atoms with van der Waals surface area (Å²) in [6.45, 7) is 2.70. The molecule has 0 radical (unpaired) electrons. The fourth-order valence-electron chi connectivity index (χ4n) is 2.76. The van der Waals surface area contributed by atoms with Gasteiger partial charge in [-0.25, -0.2) is 8.78 Å². The fraction of sp³-hybridized carbons (Fsp3) is 0.533. The van der Waals surface area contributed by atoms with Crippen molar-refractivity contribution in [2.24, 2.45) is 11.8 Å². The Balaban J connectivity index is 2.00. The molecule has 110 valence electrons. The van der Waals surface area contributed by atoms with E-state index in [0.29, 0.717) is 24.4 Å². The average Bonchev–Trinajstić information content (AvgIpc) is 2.41. The SMILES string of the molecule is CC1CCCCC1CNC(=O)c1cc(N)c(F)cc1F. The predicted octanol–water partition coefficient (Wildman–Crippen LogP) is 3.10. The van der Waals surface area contributed by atoms with Gasteiger partial charge in [-0.2, -0.15) is 0 Å². The van der Waals surface area contributed by atoms with Gasteiger partial charge in [-0.3, -0.25) is 4.79 Å². The molecule has 0 heterocycles. The molecule has 3 N–H and O–H groups in total. The first-order valence-electron chi connectivity index (χ1n) is 7.01. The molecule has 1 aliphatic carbocycles.